The molecule has 0 aromatic heterocycles. The Morgan fingerprint density at radius 1 is 1.00 bits per heavy atom. The summed E-state index contributed by atoms with van der Waals surface area (Å²) >= 11 is 0. The molecule has 0 amide bonds. The van der Waals surface area contributed by atoms with E-state index in [1.165, 1.54) is 16.7 Å². The molecule has 2 aromatic rings. The summed E-state index contributed by atoms with van der Waals surface area (Å²) in [5, 5.41) is 6.73. The maximum absolute atomic E-state index is 5.85. The quantitative estimate of drug-likeness (QED) is 0.286. The van der Waals surface area contributed by atoms with Crippen molar-refractivity contribution in [2.24, 2.45) is 4.99 Å². The van der Waals surface area contributed by atoms with E-state index in [-0.39, 0.29) is 29.6 Å². The van der Waals surface area contributed by atoms with E-state index >= 15 is 0 Å². The fourth-order valence-corrected chi connectivity index (χ4v) is 3.36. The molecule has 1 fully saturated rings. The van der Waals surface area contributed by atoms with Gasteiger partial charge in [-0.25, -0.2) is 4.99 Å². The Balaban J connectivity index is 0.00000320. The second-order valence-electron chi connectivity index (χ2n) is 7.75. The SMILES string of the molecule is CCNC(=NCc1ccc(COCc2ccccc2)cc1)NCC1(C)CCCO1.I. The van der Waals surface area contributed by atoms with E-state index in [0.717, 1.165) is 38.5 Å². The summed E-state index contributed by atoms with van der Waals surface area (Å²) in [5.41, 5.74) is 3.46. The van der Waals surface area contributed by atoms with Crippen LogP contribution in [-0.2, 0) is 29.2 Å². The van der Waals surface area contributed by atoms with Gasteiger partial charge >= 0.3 is 0 Å². The molecule has 1 unspecified atom stereocenters. The third-order valence-corrected chi connectivity index (χ3v) is 5.10. The zero-order chi connectivity index (χ0) is 20.4. The predicted molar refractivity (Wildman–Crippen MR) is 133 cm³/mol. The molecular weight excluding hydrogens is 489 g/mol. The first-order valence-electron chi connectivity index (χ1n) is 10.5. The number of hydrogen-bond acceptors (Lipinski definition) is 3. The van der Waals surface area contributed by atoms with Crippen LogP contribution in [0.1, 0.15) is 43.4 Å². The number of guanidine groups is 1. The second-order valence-corrected chi connectivity index (χ2v) is 7.75. The van der Waals surface area contributed by atoms with Gasteiger partial charge in [-0.2, -0.15) is 0 Å². The molecule has 2 aromatic carbocycles. The Morgan fingerprint density at radius 2 is 1.67 bits per heavy atom. The van der Waals surface area contributed by atoms with Gasteiger partial charge in [0.15, 0.2) is 5.96 Å². The monoisotopic (exact) mass is 523 g/mol. The smallest absolute Gasteiger partial charge is 0.191 e. The molecule has 6 heteroatoms. The van der Waals surface area contributed by atoms with Crippen molar-refractivity contribution in [1.82, 2.24) is 10.6 Å². The Morgan fingerprint density at radius 3 is 2.30 bits per heavy atom. The highest BCUT2D eigenvalue weighted by molar-refractivity contribution is 14.0. The number of aliphatic imine (C=N–C) groups is 1. The van der Waals surface area contributed by atoms with Crippen molar-refractivity contribution in [2.45, 2.75) is 52.0 Å². The molecule has 30 heavy (non-hydrogen) atoms. The van der Waals surface area contributed by atoms with Gasteiger partial charge in [0.1, 0.15) is 0 Å². The third-order valence-electron chi connectivity index (χ3n) is 5.10. The lowest BCUT2D eigenvalue weighted by molar-refractivity contribution is 0.0243. The Labute approximate surface area is 197 Å². The van der Waals surface area contributed by atoms with E-state index in [9.17, 15) is 0 Å². The van der Waals surface area contributed by atoms with E-state index in [2.05, 4.69) is 60.9 Å². The highest BCUT2D eigenvalue weighted by atomic mass is 127. The zero-order valence-corrected chi connectivity index (χ0v) is 20.4. The van der Waals surface area contributed by atoms with Gasteiger partial charge in [0.05, 0.1) is 25.4 Å². The minimum atomic E-state index is -0.0857. The molecule has 1 atom stereocenters. The number of halogens is 1. The van der Waals surface area contributed by atoms with Crippen LogP contribution in [0.15, 0.2) is 59.6 Å². The number of nitrogens with one attached hydrogen (secondary N) is 2. The number of rotatable bonds is 9. The summed E-state index contributed by atoms with van der Waals surface area (Å²) < 4.78 is 11.7. The van der Waals surface area contributed by atoms with Crippen molar-refractivity contribution < 1.29 is 9.47 Å². The third kappa shape index (κ3) is 8.24. The fraction of sp³-hybridized carbons (Fsp3) is 0.458. The van der Waals surface area contributed by atoms with Crippen molar-refractivity contribution in [3.63, 3.8) is 0 Å². The van der Waals surface area contributed by atoms with Gasteiger partial charge in [-0.3, -0.25) is 0 Å². The standard InChI is InChI=1S/C24H33N3O2.HI/c1-3-25-23(27-19-24(2)14-7-15-29-24)26-16-20-10-12-22(13-11-20)18-28-17-21-8-5-4-6-9-21;/h4-6,8-13H,3,7,14-19H2,1-2H3,(H2,25,26,27);1H. The van der Waals surface area contributed by atoms with Gasteiger partial charge in [0.25, 0.3) is 0 Å². The van der Waals surface area contributed by atoms with E-state index in [1.807, 2.05) is 18.2 Å². The molecule has 164 valence electrons. The number of ether oxygens (including phenoxy) is 2. The number of benzene rings is 2. The van der Waals surface area contributed by atoms with Crippen molar-refractivity contribution >= 4 is 29.9 Å². The van der Waals surface area contributed by atoms with Crippen LogP contribution in [0.3, 0.4) is 0 Å². The zero-order valence-electron chi connectivity index (χ0n) is 18.0. The minimum absolute atomic E-state index is 0. The Kier molecular flexibility index (Phi) is 10.6. The molecule has 0 spiro atoms. The van der Waals surface area contributed by atoms with Gasteiger partial charge in [0.2, 0.25) is 0 Å². The molecular formula is C24H34IN3O2. The van der Waals surface area contributed by atoms with Crippen LogP contribution in [0.5, 0.6) is 0 Å². The lowest BCUT2D eigenvalue weighted by Gasteiger charge is -2.24. The Bertz CT molecular complexity index is 760. The predicted octanol–water partition coefficient (Wildman–Crippen LogP) is 4.65. The van der Waals surface area contributed by atoms with Crippen LogP contribution in [0, 0.1) is 0 Å². The van der Waals surface area contributed by atoms with Gasteiger partial charge in [-0.15, -0.1) is 24.0 Å². The van der Waals surface area contributed by atoms with E-state index in [4.69, 9.17) is 14.5 Å². The second kappa shape index (κ2) is 12.9. The molecule has 3 rings (SSSR count). The number of nitrogens with zero attached hydrogens (tertiary/aromatic N) is 1. The van der Waals surface area contributed by atoms with Gasteiger partial charge in [0, 0.05) is 19.7 Å². The molecule has 0 bridgehead atoms. The van der Waals surface area contributed by atoms with Gasteiger partial charge in [-0.1, -0.05) is 54.6 Å². The van der Waals surface area contributed by atoms with E-state index in [1.54, 1.807) is 0 Å². The summed E-state index contributed by atoms with van der Waals surface area (Å²) in [6.45, 7) is 8.59. The average Bonchev–Trinajstić information content (AvgIpc) is 3.19. The topological polar surface area (TPSA) is 54.9 Å². The molecule has 0 aliphatic carbocycles. The van der Waals surface area contributed by atoms with Crippen molar-refractivity contribution in [3.05, 3.63) is 71.3 Å². The summed E-state index contributed by atoms with van der Waals surface area (Å²) in [4.78, 5) is 4.71. The minimum Gasteiger partial charge on any atom is -0.373 e. The van der Waals surface area contributed by atoms with E-state index < -0.39 is 0 Å². The lowest BCUT2D eigenvalue weighted by Crippen LogP contribution is -2.45. The molecule has 1 saturated heterocycles. The highest BCUT2D eigenvalue weighted by Gasteiger charge is 2.29. The summed E-state index contributed by atoms with van der Waals surface area (Å²) in [5.74, 6) is 0.833. The van der Waals surface area contributed by atoms with Crippen LogP contribution in [0.4, 0.5) is 0 Å². The van der Waals surface area contributed by atoms with Crippen LogP contribution >= 0.6 is 24.0 Å². The molecule has 5 nitrogen and oxygen atoms in total. The first kappa shape index (κ1) is 24.6. The van der Waals surface area contributed by atoms with E-state index in [0.29, 0.717) is 19.8 Å². The van der Waals surface area contributed by atoms with Crippen LogP contribution in [-0.4, -0.2) is 31.3 Å². The molecule has 1 aliphatic rings. The maximum Gasteiger partial charge on any atom is 0.191 e. The van der Waals surface area contributed by atoms with Crippen molar-refractivity contribution in [2.75, 3.05) is 19.7 Å². The molecule has 1 heterocycles. The van der Waals surface area contributed by atoms with Gasteiger partial charge in [-0.05, 0) is 43.4 Å². The summed E-state index contributed by atoms with van der Waals surface area (Å²) in [7, 11) is 0. The first-order chi connectivity index (χ1) is 14.2. The average molecular weight is 523 g/mol. The summed E-state index contributed by atoms with van der Waals surface area (Å²) in [6.07, 6.45) is 2.22. The normalized spacial score (nSPS) is 18.7. The first-order valence-corrected chi connectivity index (χ1v) is 10.5. The Hall–Kier alpha value is -1.64. The van der Waals surface area contributed by atoms with Crippen molar-refractivity contribution in [1.29, 1.82) is 0 Å². The van der Waals surface area contributed by atoms with Crippen LogP contribution < -0.4 is 10.6 Å². The van der Waals surface area contributed by atoms with Crippen LogP contribution in [0.25, 0.3) is 0 Å². The van der Waals surface area contributed by atoms with Gasteiger partial charge < -0.3 is 20.1 Å². The largest absolute Gasteiger partial charge is 0.373 e. The molecule has 0 radical (unpaired) electrons. The molecule has 2 N–H and O–H groups in total. The molecule has 1 aliphatic heterocycles. The summed E-state index contributed by atoms with van der Waals surface area (Å²) in [6, 6.07) is 18.7. The fourth-order valence-electron chi connectivity index (χ4n) is 3.36. The number of hydrogen-bond donors (Lipinski definition) is 2. The lowest BCUT2D eigenvalue weighted by atomic mass is 10.0. The van der Waals surface area contributed by atoms with Crippen molar-refractivity contribution in [3.8, 4) is 0 Å². The highest BCUT2D eigenvalue weighted by Crippen LogP contribution is 2.23. The molecule has 0 saturated carbocycles. The van der Waals surface area contributed by atoms with Crippen LogP contribution in [0.2, 0.25) is 0 Å². The maximum atomic E-state index is 5.85.